The Bertz CT molecular complexity index is 1250. The van der Waals surface area contributed by atoms with E-state index in [0.29, 0.717) is 0 Å². The van der Waals surface area contributed by atoms with Crippen molar-refractivity contribution >= 4 is 43.1 Å². The summed E-state index contributed by atoms with van der Waals surface area (Å²) < 4.78 is 0. The minimum Gasteiger partial charge on any atom is -0.0654 e. The molecule has 0 radical (unpaired) electrons. The highest BCUT2D eigenvalue weighted by molar-refractivity contribution is 6.22. The van der Waals surface area contributed by atoms with E-state index in [4.69, 9.17) is 0 Å². The molecular formula is C30H30. The third-order valence-electron chi connectivity index (χ3n) is 6.60. The highest BCUT2D eigenvalue weighted by atomic mass is 14.1. The third-order valence-corrected chi connectivity index (χ3v) is 6.60. The Balaban J connectivity index is 1.66. The van der Waals surface area contributed by atoms with E-state index < -0.39 is 0 Å². The number of unbranched alkanes of at least 4 members (excludes halogenated alkanes) is 2. The van der Waals surface area contributed by atoms with Crippen LogP contribution in [0.4, 0.5) is 0 Å². The molecule has 0 saturated heterocycles. The molecule has 0 aliphatic rings. The van der Waals surface area contributed by atoms with Crippen LogP contribution in [-0.2, 0) is 12.8 Å². The fourth-order valence-corrected chi connectivity index (χ4v) is 4.88. The third kappa shape index (κ3) is 3.35. The molecule has 0 amide bonds. The molecule has 0 aliphatic heterocycles. The molecular weight excluding hydrogens is 360 g/mol. The van der Waals surface area contributed by atoms with Crippen LogP contribution in [0, 0.1) is 0 Å². The highest BCUT2D eigenvalue weighted by Gasteiger charge is 2.08. The highest BCUT2D eigenvalue weighted by Crippen LogP contribution is 2.35. The van der Waals surface area contributed by atoms with Gasteiger partial charge >= 0.3 is 0 Å². The average molecular weight is 391 g/mol. The van der Waals surface area contributed by atoms with Crippen molar-refractivity contribution in [3.63, 3.8) is 0 Å². The molecule has 5 rings (SSSR count). The summed E-state index contributed by atoms with van der Waals surface area (Å²) in [4.78, 5) is 0. The SMILES string of the molecule is CCCCc1ccc2c(ccc3c2ccc2c4ccc(CCCC)cc4ccc23)c1. The normalized spacial score (nSPS) is 11.8. The Morgan fingerprint density at radius 1 is 0.433 bits per heavy atom. The Morgan fingerprint density at radius 3 is 1.23 bits per heavy atom. The van der Waals surface area contributed by atoms with Gasteiger partial charge in [0.05, 0.1) is 0 Å². The summed E-state index contributed by atoms with van der Waals surface area (Å²) >= 11 is 0. The minimum absolute atomic E-state index is 1.18. The molecule has 0 nitrogen and oxygen atoms in total. The fraction of sp³-hybridized carbons (Fsp3) is 0.267. The molecule has 150 valence electrons. The van der Waals surface area contributed by atoms with Crippen LogP contribution in [0.2, 0.25) is 0 Å². The van der Waals surface area contributed by atoms with E-state index >= 15 is 0 Å². The van der Waals surface area contributed by atoms with E-state index in [9.17, 15) is 0 Å². The van der Waals surface area contributed by atoms with Crippen molar-refractivity contribution in [3.05, 3.63) is 83.9 Å². The zero-order valence-electron chi connectivity index (χ0n) is 18.2. The number of benzene rings is 5. The minimum atomic E-state index is 1.18. The van der Waals surface area contributed by atoms with Gasteiger partial charge in [0.15, 0.2) is 0 Å². The lowest BCUT2D eigenvalue weighted by Gasteiger charge is -2.11. The van der Waals surface area contributed by atoms with E-state index in [1.54, 1.807) is 0 Å². The smallest absolute Gasteiger partial charge is 0.00987 e. The fourth-order valence-electron chi connectivity index (χ4n) is 4.88. The van der Waals surface area contributed by atoms with Gasteiger partial charge in [0, 0.05) is 0 Å². The molecule has 0 saturated carbocycles. The van der Waals surface area contributed by atoms with Gasteiger partial charge in [-0.1, -0.05) is 99.5 Å². The summed E-state index contributed by atoms with van der Waals surface area (Å²) in [6, 6.07) is 28.0. The van der Waals surface area contributed by atoms with Crippen molar-refractivity contribution in [1.29, 1.82) is 0 Å². The van der Waals surface area contributed by atoms with Gasteiger partial charge < -0.3 is 0 Å². The number of rotatable bonds is 6. The molecule has 0 atom stereocenters. The van der Waals surface area contributed by atoms with Crippen LogP contribution in [0.3, 0.4) is 0 Å². The van der Waals surface area contributed by atoms with E-state index in [-0.39, 0.29) is 0 Å². The molecule has 0 N–H and O–H groups in total. The Morgan fingerprint density at radius 2 is 0.800 bits per heavy atom. The molecule has 5 aromatic rings. The lowest BCUT2D eigenvalue weighted by Crippen LogP contribution is -1.88. The first-order valence-corrected chi connectivity index (χ1v) is 11.6. The molecule has 0 heterocycles. The van der Waals surface area contributed by atoms with Crippen LogP contribution in [0.5, 0.6) is 0 Å². The zero-order chi connectivity index (χ0) is 20.5. The number of hydrogen-bond acceptors (Lipinski definition) is 0. The van der Waals surface area contributed by atoms with Crippen molar-refractivity contribution in [3.8, 4) is 0 Å². The maximum Gasteiger partial charge on any atom is -0.00987 e. The summed E-state index contributed by atoms with van der Waals surface area (Å²) in [6.45, 7) is 4.52. The van der Waals surface area contributed by atoms with E-state index in [0.717, 1.165) is 0 Å². The molecule has 0 aliphatic carbocycles. The Hall–Kier alpha value is -2.86. The van der Waals surface area contributed by atoms with E-state index in [2.05, 4.69) is 86.6 Å². The first-order valence-electron chi connectivity index (χ1n) is 11.6. The Kier molecular flexibility index (Phi) is 5.17. The maximum atomic E-state index is 2.38. The summed E-state index contributed by atoms with van der Waals surface area (Å²) in [7, 11) is 0. The van der Waals surface area contributed by atoms with Gasteiger partial charge in [-0.05, 0) is 79.9 Å². The molecule has 0 fully saturated rings. The summed E-state index contributed by atoms with van der Waals surface area (Å²) in [5, 5.41) is 10.9. The molecule has 0 bridgehead atoms. The first-order chi connectivity index (χ1) is 14.8. The number of hydrogen-bond donors (Lipinski definition) is 0. The van der Waals surface area contributed by atoms with Gasteiger partial charge in [0.2, 0.25) is 0 Å². The van der Waals surface area contributed by atoms with Crippen molar-refractivity contribution < 1.29 is 0 Å². The van der Waals surface area contributed by atoms with Gasteiger partial charge in [0.1, 0.15) is 0 Å². The summed E-state index contributed by atoms with van der Waals surface area (Å²) in [6.07, 6.45) is 7.36. The molecule has 0 heteroatoms. The van der Waals surface area contributed by atoms with Crippen molar-refractivity contribution in [2.45, 2.75) is 52.4 Å². The lowest BCUT2D eigenvalue weighted by molar-refractivity contribution is 0.796. The van der Waals surface area contributed by atoms with Crippen LogP contribution in [0.1, 0.15) is 50.7 Å². The van der Waals surface area contributed by atoms with Crippen molar-refractivity contribution in [2.24, 2.45) is 0 Å². The van der Waals surface area contributed by atoms with E-state index in [1.165, 1.54) is 92.7 Å². The van der Waals surface area contributed by atoms with Gasteiger partial charge in [-0.2, -0.15) is 0 Å². The van der Waals surface area contributed by atoms with Gasteiger partial charge in [0.25, 0.3) is 0 Å². The van der Waals surface area contributed by atoms with Crippen LogP contribution in [0.15, 0.2) is 72.8 Å². The first kappa shape index (κ1) is 19.1. The second-order valence-electron chi connectivity index (χ2n) is 8.71. The second-order valence-corrected chi connectivity index (χ2v) is 8.71. The predicted octanol–water partition coefficient (Wildman–Crippen LogP) is 8.98. The molecule has 30 heavy (non-hydrogen) atoms. The molecule has 0 spiro atoms. The van der Waals surface area contributed by atoms with E-state index in [1.807, 2.05) is 0 Å². The molecule has 0 unspecified atom stereocenters. The Labute approximate surface area is 179 Å². The molecule has 0 aromatic heterocycles. The molecule has 5 aromatic carbocycles. The van der Waals surface area contributed by atoms with Crippen LogP contribution in [0.25, 0.3) is 43.1 Å². The summed E-state index contributed by atoms with van der Waals surface area (Å²) in [5.41, 5.74) is 2.91. The number of aryl methyl sites for hydroxylation is 2. The zero-order valence-corrected chi connectivity index (χ0v) is 18.2. The number of fused-ring (bicyclic) bond motifs is 7. The van der Waals surface area contributed by atoms with Gasteiger partial charge in [-0.15, -0.1) is 0 Å². The van der Waals surface area contributed by atoms with Gasteiger partial charge in [-0.25, -0.2) is 0 Å². The predicted molar refractivity (Wildman–Crippen MR) is 134 cm³/mol. The summed E-state index contributed by atoms with van der Waals surface area (Å²) in [5.74, 6) is 0. The van der Waals surface area contributed by atoms with Crippen LogP contribution in [-0.4, -0.2) is 0 Å². The standard InChI is InChI=1S/C30H30/c1-3-5-7-21-9-13-25-23(19-21)11-15-29-27(25)17-18-28-26-14-10-22(8-6-4-2)20-24(26)12-16-30(28)29/h9-20H,3-8H2,1-2H3. The average Bonchev–Trinajstić information content (AvgIpc) is 2.80. The largest absolute Gasteiger partial charge is 0.0654 e. The lowest BCUT2D eigenvalue weighted by atomic mass is 9.92. The van der Waals surface area contributed by atoms with Crippen LogP contribution >= 0.6 is 0 Å². The maximum absolute atomic E-state index is 2.38. The van der Waals surface area contributed by atoms with Crippen molar-refractivity contribution in [1.82, 2.24) is 0 Å². The van der Waals surface area contributed by atoms with Gasteiger partial charge in [-0.3, -0.25) is 0 Å². The quantitative estimate of drug-likeness (QED) is 0.254. The topological polar surface area (TPSA) is 0 Å². The second kappa shape index (κ2) is 8.11. The van der Waals surface area contributed by atoms with Crippen molar-refractivity contribution in [2.75, 3.05) is 0 Å². The van der Waals surface area contributed by atoms with Crippen LogP contribution < -0.4 is 0 Å². The monoisotopic (exact) mass is 390 g/mol.